The molecule has 22 heavy (non-hydrogen) atoms. The third-order valence-corrected chi connectivity index (χ3v) is 4.04. The van der Waals surface area contributed by atoms with Gasteiger partial charge in [-0.25, -0.2) is 0 Å². The summed E-state index contributed by atoms with van der Waals surface area (Å²) in [6, 6.07) is 30.1. The van der Waals surface area contributed by atoms with Gasteiger partial charge in [-0.2, -0.15) is 0 Å². The van der Waals surface area contributed by atoms with Crippen molar-refractivity contribution in [3.05, 3.63) is 90.5 Å². The quantitative estimate of drug-likeness (QED) is 0.482. The van der Waals surface area contributed by atoms with Crippen molar-refractivity contribution < 1.29 is 0 Å². The Labute approximate surface area is 130 Å². The minimum Gasteiger partial charge on any atom is -0.381 e. The van der Waals surface area contributed by atoms with Crippen LogP contribution in [-0.4, -0.2) is 0 Å². The van der Waals surface area contributed by atoms with Crippen LogP contribution in [-0.2, 0) is 6.54 Å². The topological polar surface area (TPSA) is 12.0 Å². The Bertz CT molecular complexity index is 926. The molecule has 0 heterocycles. The first-order chi connectivity index (χ1) is 10.9. The molecule has 1 heteroatoms. The Morgan fingerprint density at radius 1 is 0.545 bits per heavy atom. The number of rotatable bonds is 3. The maximum absolute atomic E-state index is 3.50. The predicted molar refractivity (Wildman–Crippen MR) is 95.2 cm³/mol. The number of nitrogens with one attached hydrogen (secondary N) is 1. The Morgan fingerprint density at radius 3 is 1.95 bits per heavy atom. The molecule has 0 aromatic heterocycles. The van der Waals surface area contributed by atoms with Crippen molar-refractivity contribution in [2.75, 3.05) is 5.32 Å². The lowest BCUT2D eigenvalue weighted by Gasteiger charge is -2.09. The van der Waals surface area contributed by atoms with Crippen LogP contribution >= 0.6 is 0 Å². The zero-order valence-corrected chi connectivity index (χ0v) is 12.3. The van der Waals surface area contributed by atoms with Crippen molar-refractivity contribution in [2.45, 2.75) is 6.54 Å². The molecule has 0 radical (unpaired) electrons. The van der Waals surface area contributed by atoms with Gasteiger partial charge in [-0.05, 0) is 51.4 Å². The summed E-state index contributed by atoms with van der Waals surface area (Å²) < 4.78 is 0. The largest absolute Gasteiger partial charge is 0.381 e. The first-order valence-corrected chi connectivity index (χ1v) is 7.59. The normalized spacial score (nSPS) is 10.9. The summed E-state index contributed by atoms with van der Waals surface area (Å²) in [7, 11) is 0. The standard InChI is InChI=1S/C21H17N/c1-2-6-16(7-3-1)15-22-21-11-10-19-12-17-8-4-5-9-18(17)13-20(19)14-21/h1-14,22H,15H2. The third-order valence-electron chi connectivity index (χ3n) is 4.04. The van der Waals surface area contributed by atoms with Crippen LogP contribution in [0.5, 0.6) is 0 Å². The summed E-state index contributed by atoms with van der Waals surface area (Å²) in [5.41, 5.74) is 2.45. The molecule has 0 unspecified atom stereocenters. The molecule has 0 fully saturated rings. The second-order valence-electron chi connectivity index (χ2n) is 5.60. The van der Waals surface area contributed by atoms with Gasteiger partial charge in [0.15, 0.2) is 0 Å². The first kappa shape index (κ1) is 12.9. The fourth-order valence-corrected chi connectivity index (χ4v) is 2.85. The molecule has 0 aliphatic heterocycles. The van der Waals surface area contributed by atoms with E-state index in [1.54, 1.807) is 0 Å². The van der Waals surface area contributed by atoms with Crippen molar-refractivity contribution >= 4 is 27.2 Å². The molecule has 1 nitrogen and oxygen atoms in total. The fourth-order valence-electron chi connectivity index (χ4n) is 2.85. The average Bonchev–Trinajstić information content (AvgIpc) is 2.59. The van der Waals surface area contributed by atoms with E-state index >= 15 is 0 Å². The minimum atomic E-state index is 0.847. The second-order valence-corrected chi connectivity index (χ2v) is 5.60. The minimum absolute atomic E-state index is 0.847. The van der Waals surface area contributed by atoms with E-state index in [0.29, 0.717) is 0 Å². The molecule has 0 saturated carbocycles. The van der Waals surface area contributed by atoms with Crippen LogP contribution in [0.1, 0.15) is 5.56 Å². The highest BCUT2D eigenvalue weighted by Crippen LogP contribution is 2.25. The maximum atomic E-state index is 3.50. The van der Waals surface area contributed by atoms with E-state index in [-0.39, 0.29) is 0 Å². The highest BCUT2D eigenvalue weighted by Gasteiger charge is 2.00. The van der Waals surface area contributed by atoms with E-state index in [9.17, 15) is 0 Å². The van der Waals surface area contributed by atoms with Crippen molar-refractivity contribution in [2.24, 2.45) is 0 Å². The van der Waals surface area contributed by atoms with Gasteiger partial charge in [0, 0.05) is 12.2 Å². The van der Waals surface area contributed by atoms with E-state index < -0.39 is 0 Å². The van der Waals surface area contributed by atoms with E-state index in [1.165, 1.54) is 27.1 Å². The molecule has 0 bridgehead atoms. The smallest absolute Gasteiger partial charge is 0.0400 e. The van der Waals surface area contributed by atoms with Crippen molar-refractivity contribution in [1.82, 2.24) is 0 Å². The molecular formula is C21H17N. The fraction of sp³-hybridized carbons (Fsp3) is 0.0476. The molecular weight excluding hydrogens is 266 g/mol. The van der Waals surface area contributed by atoms with Crippen molar-refractivity contribution in [1.29, 1.82) is 0 Å². The number of fused-ring (bicyclic) bond motifs is 2. The van der Waals surface area contributed by atoms with Crippen LogP contribution in [0.3, 0.4) is 0 Å². The molecule has 0 spiro atoms. The Morgan fingerprint density at radius 2 is 1.18 bits per heavy atom. The molecule has 0 aliphatic carbocycles. The summed E-state index contributed by atoms with van der Waals surface area (Å²) >= 11 is 0. The van der Waals surface area contributed by atoms with Gasteiger partial charge in [0.2, 0.25) is 0 Å². The van der Waals surface area contributed by atoms with Gasteiger partial charge in [0.1, 0.15) is 0 Å². The van der Waals surface area contributed by atoms with Crippen LogP contribution in [0.2, 0.25) is 0 Å². The lowest BCUT2D eigenvalue weighted by Crippen LogP contribution is -1.98. The predicted octanol–water partition coefficient (Wildman–Crippen LogP) is 5.61. The van der Waals surface area contributed by atoms with Crippen LogP contribution in [0, 0.1) is 0 Å². The van der Waals surface area contributed by atoms with Gasteiger partial charge >= 0.3 is 0 Å². The lowest BCUT2D eigenvalue weighted by molar-refractivity contribution is 1.15. The first-order valence-electron chi connectivity index (χ1n) is 7.59. The summed E-state index contributed by atoms with van der Waals surface area (Å²) in [5.74, 6) is 0. The van der Waals surface area contributed by atoms with E-state index in [0.717, 1.165) is 12.2 Å². The van der Waals surface area contributed by atoms with E-state index in [4.69, 9.17) is 0 Å². The monoisotopic (exact) mass is 283 g/mol. The number of anilines is 1. The van der Waals surface area contributed by atoms with Crippen LogP contribution < -0.4 is 5.32 Å². The number of hydrogen-bond donors (Lipinski definition) is 1. The lowest BCUT2D eigenvalue weighted by atomic mass is 10.0. The summed E-state index contributed by atoms with van der Waals surface area (Å²) in [6.45, 7) is 0.847. The SMILES string of the molecule is c1ccc(CNc2ccc3cc4ccccc4cc3c2)cc1. The highest BCUT2D eigenvalue weighted by molar-refractivity contribution is 5.99. The molecule has 4 aromatic rings. The Hall–Kier alpha value is -2.80. The molecule has 4 rings (SSSR count). The average molecular weight is 283 g/mol. The number of benzene rings is 4. The third kappa shape index (κ3) is 2.53. The van der Waals surface area contributed by atoms with Gasteiger partial charge in [-0.1, -0.05) is 60.7 Å². The van der Waals surface area contributed by atoms with Crippen LogP contribution in [0.15, 0.2) is 84.9 Å². The van der Waals surface area contributed by atoms with E-state index in [2.05, 4.69) is 84.2 Å². The van der Waals surface area contributed by atoms with Crippen molar-refractivity contribution in [3.8, 4) is 0 Å². The van der Waals surface area contributed by atoms with Crippen LogP contribution in [0.25, 0.3) is 21.5 Å². The molecule has 1 N–H and O–H groups in total. The van der Waals surface area contributed by atoms with Gasteiger partial charge < -0.3 is 5.32 Å². The van der Waals surface area contributed by atoms with Crippen LogP contribution in [0.4, 0.5) is 5.69 Å². The summed E-state index contributed by atoms with van der Waals surface area (Å²) in [5, 5.41) is 8.64. The molecule has 0 saturated heterocycles. The summed E-state index contributed by atoms with van der Waals surface area (Å²) in [6.07, 6.45) is 0. The molecule has 0 amide bonds. The Balaban J connectivity index is 1.66. The molecule has 0 aliphatic rings. The second kappa shape index (κ2) is 5.53. The maximum Gasteiger partial charge on any atom is 0.0400 e. The zero-order valence-electron chi connectivity index (χ0n) is 12.3. The molecule has 0 atom stereocenters. The van der Waals surface area contributed by atoms with E-state index in [1.807, 2.05) is 6.07 Å². The van der Waals surface area contributed by atoms with Gasteiger partial charge in [-0.15, -0.1) is 0 Å². The van der Waals surface area contributed by atoms with Crippen molar-refractivity contribution in [3.63, 3.8) is 0 Å². The van der Waals surface area contributed by atoms with Gasteiger partial charge in [-0.3, -0.25) is 0 Å². The summed E-state index contributed by atoms with van der Waals surface area (Å²) in [4.78, 5) is 0. The highest BCUT2D eigenvalue weighted by atomic mass is 14.9. The Kier molecular flexibility index (Phi) is 3.24. The van der Waals surface area contributed by atoms with Gasteiger partial charge in [0.05, 0.1) is 0 Å². The molecule has 106 valence electrons. The number of hydrogen-bond acceptors (Lipinski definition) is 1. The zero-order chi connectivity index (χ0) is 14.8. The van der Waals surface area contributed by atoms with Gasteiger partial charge in [0.25, 0.3) is 0 Å². The molecule has 4 aromatic carbocycles.